The van der Waals surface area contributed by atoms with Crippen molar-refractivity contribution in [1.82, 2.24) is 5.32 Å². The van der Waals surface area contributed by atoms with E-state index in [1.165, 1.54) is 5.56 Å². The second-order valence-electron chi connectivity index (χ2n) is 4.19. The van der Waals surface area contributed by atoms with E-state index in [0.717, 1.165) is 23.2 Å². The number of aryl methyl sites for hydroxylation is 1. The highest BCUT2D eigenvalue weighted by Crippen LogP contribution is 2.17. The first-order valence-corrected chi connectivity index (χ1v) is 5.84. The van der Waals surface area contributed by atoms with E-state index < -0.39 is 0 Å². The molecular weight excluding hydrogens is 212 g/mol. The number of hydrogen-bond acceptors (Lipinski definition) is 1. The zero-order chi connectivity index (χ0) is 12.8. The Morgan fingerprint density at radius 2 is 2.06 bits per heavy atom. The van der Waals surface area contributed by atoms with Crippen molar-refractivity contribution in [2.75, 3.05) is 5.32 Å². The Morgan fingerprint density at radius 1 is 1.35 bits per heavy atom. The lowest BCUT2D eigenvalue weighted by Gasteiger charge is -2.10. The molecule has 3 nitrogen and oxygen atoms in total. The number of carbonyl (C=O) groups excluding carboxylic acids is 1. The molecule has 0 unspecified atom stereocenters. The molecule has 0 saturated heterocycles. The second-order valence-corrected chi connectivity index (χ2v) is 4.19. The van der Waals surface area contributed by atoms with Crippen molar-refractivity contribution in [3.63, 3.8) is 0 Å². The van der Waals surface area contributed by atoms with Crippen LogP contribution in [0.3, 0.4) is 0 Å². The van der Waals surface area contributed by atoms with Crippen LogP contribution >= 0.6 is 0 Å². The summed E-state index contributed by atoms with van der Waals surface area (Å²) >= 11 is 0. The maximum absolute atomic E-state index is 11.6. The van der Waals surface area contributed by atoms with Crippen LogP contribution < -0.4 is 10.6 Å². The fraction of sp³-hybridized carbons (Fsp3) is 0.357. The second kappa shape index (κ2) is 6.09. The number of allylic oxidation sites excluding steroid dienone is 1. The minimum Gasteiger partial charge on any atom is -0.314 e. The number of benzene rings is 1. The summed E-state index contributed by atoms with van der Waals surface area (Å²) in [6.07, 6.45) is 2.67. The van der Waals surface area contributed by atoms with Crippen LogP contribution in [0.5, 0.6) is 0 Å². The smallest absolute Gasteiger partial charge is 0.314 e. The number of carbonyl (C=O) groups is 1. The predicted octanol–water partition coefficient (Wildman–Crippen LogP) is 3.74. The van der Waals surface area contributed by atoms with Crippen molar-refractivity contribution < 1.29 is 4.79 Å². The minimum absolute atomic E-state index is 0.202. The van der Waals surface area contributed by atoms with Crippen LogP contribution in [0.4, 0.5) is 10.5 Å². The molecule has 0 heterocycles. The largest absolute Gasteiger partial charge is 0.323 e. The minimum atomic E-state index is -0.202. The summed E-state index contributed by atoms with van der Waals surface area (Å²) in [5.41, 5.74) is 4.26. The molecule has 0 aliphatic carbocycles. The van der Waals surface area contributed by atoms with E-state index in [0.29, 0.717) is 0 Å². The molecule has 0 aliphatic heterocycles. The van der Waals surface area contributed by atoms with Gasteiger partial charge in [-0.3, -0.25) is 0 Å². The van der Waals surface area contributed by atoms with E-state index in [-0.39, 0.29) is 6.03 Å². The highest BCUT2D eigenvalue weighted by molar-refractivity contribution is 5.90. The number of nitrogens with one attached hydrogen (secondary N) is 2. The van der Waals surface area contributed by atoms with Crippen LogP contribution in [0, 0.1) is 13.8 Å². The summed E-state index contributed by atoms with van der Waals surface area (Å²) in [6.45, 7) is 8.06. The molecule has 0 atom stereocenters. The van der Waals surface area contributed by atoms with E-state index >= 15 is 0 Å². The summed E-state index contributed by atoms with van der Waals surface area (Å²) < 4.78 is 0. The monoisotopic (exact) mass is 232 g/mol. The molecule has 0 aliphatic rings. The average Bonchev–Trinajstić information content (AvgIpc) is 2.32. The van der Waals surface area contributed by atoms with Gasteiger partial charge in [0.1, 0.15) is 0 Å². The molecule has 0 aromatic heterocycles. The van der Waals surface area contributed by atoms with E-state index in [4.69, 9.17) is 0 Å². The number of anilines is 1. The molecule has 1 aromatic rings. The van der Waals surface area contributed by atoms with E-state index in [2.05, 4.69) is 17.6 Å². The molecule has 1 rings (SSSR count). The van der Waals surface area contributed by atoms with Crippen LogP contribution in [0.25, 0.3) is 0 Å². The fourth-order valence-corrected chi connectivity index (χ4v) is 1.34. The highest BCUT2D eigenvalue weighted by Gasteiger charge is 2.03. The molecular formula is C14H20N2O. The van der Waals surface area contributed by atoms with Crippen molar-refractivity contribution in [2.24, 2.45) is 0 Å². The zero-order valence-corrected chi connectivity index (χ0v) is 10.9. The molecule has 2 N–H and O–H groups in total. The maximum atomic E-state index is 11.6. The average molecular weight is 232 g/mol. The lowest BCUT2D eigenvalue weighted by molar-refractivity contribution is 0.255. The topological polar surface area (TPSA) is 41.1 Å². The van der Waals surface area contributed by atoms with Gasteiger partial charge in [-0.2, -0.15) is 0 Å². The summed E-state index contributed by atoms with van der Waals surface area (Å²) in [6, 6.07) is 5.66. The molecule has 17 heavy (non-hydrogen) atoms. The van der Waals surface area contributed by atoms with Gasteiger partial charge in [0.15, 0.2) is 0 Å². The van der Waals surface area contributed by atoms with E-state index in [1.807, 2.05) is 39.0 Å². The number of hydrogen-bond donors (Lipinski definition) is 2. The molecule has 0 bridgehead atoms. The van der Waals surface area contributed by atoms with Gasteiger partial charge in [0.25, 0.3) is 0 Å². The third-order valence-corrected chi connectivity index (χ3v) is 2.86. The van der Waals surface area contributed by atoms with Gasteiger partial charge >= 0.3 is 6.03 Å². The van der Waals surface area contributed by atoms with Crippen LogP contribution in [0.15, 0.2) is 30.0 Å². The number of urea groups is 1. The molecule has 92 valence electrons. The van der Waals surface area contributed by atoms with Crippen molar-refractivity contribution in [3.8, 4) is 0 Å². The van der Waals surface area contributed by atoms with Gasteiger partial charge in [0, 0.05) is 11.9 Å². The molecule has 2 amide bonds. The Morgan fingerprint density at radius 3 is 2.71 bits per heavy atom. The molecule has 0 spiro atoms. The third-order valence-electron chi connectivity index (χ3n) is 2.86. The van der Waals surface area contributed by atoms with Gasteiger partial charge in [-0.1, -0.05) is 24.6 Å². The standard InChI is InChI=1S/C14H20N2O/c1-5-10(2)9-15-14(17)16-13-8-6-7-11(3)12(13)4/h6-9H,5H2,1-4H3,(H2,15,16,17)/b10-9+. The van der Waals surface area contributed by atoms with E-state index in [1.54, 1.807) is 6.20 Å². The van der Waals surface area contributed by atoms with Gasteiger partial charge in [0.2, 0.25) is 0 Å². The highest BCUT2D eigenvalue weighted by atomic mass is 16.2. The Bertz CT molecular complexity index is 436. The molecule has 3 heteroatoms. The van der Waals surface area contributed by atoms with Gasteiger partial charge < -0.3 is 10.6 Å². The van der Waals surface area contributed by atoms with Crippen LogP contribution in [-0.2, 0) is 0 Å². The Kier molecular flexibility index (Phi) is 4.76. The van der Waals surface area contributed by atoms with Gasteiger partial charge in [0.05, 0.1) is 0 Å². The van der Waals surface area contributed by atoms with Crippen molar-refractivity contribution in [3.05, 3.63) is 41.1 Å². The predicted molar refractivity (Wildman–Crippen MR) is 72.1 cm³/mol. The Hall–Kier alpha value is -1.77. The first kappa shape index (κ1) is 13.3. The summed E-state index contributed by atoms with van der Waals surface area (Å²) in [7, 11) is 0. The van der Waals surface area contributed by atoms with Crippen LogP contribution in [-0.4, -0.2) is 6.03 Å². The summed E-state index contributed by atoms with van der Waals surface area (Å²) in [5, 5.41) is 5.55. The normalized spacial score (nSPS) is 11.2. The molecule has 0 radical (unpaired) electrons. The van der Waals surface area contributed by atoms with E-state index in [9.17, 15) is 4.79 Å². The third kappa shape index (κ3) is 3.94. The van der Waals surface area contributed by atoms with Gasteiger partial charge in [-0.25, -0.2) is 4.79 Å². The first-order valence-electron chi connectivity index (χ1n) is 5.84. The first-order chi connectivity index (χ1) is 8.04. The van der Waals surface area contributed by atoms with Crippen molar-refractivity contribution >= 4 is 11.7 Å². The fourth-order valence-electron chi connectivity index (χ4n) is 1.34. The lowest BCUT2D eigenvalue weighted by Crippen LogP contribution is -2.24. The quantitative estimate of drug-likeness (QED) is 0.819. The number of rotatable bonds is 3. The molecule has 0 fully saturated rings. The van der Waals surface area contributed by atoms with Crippen LogP contribution in [0.1, 0.15) is 31.4 Å². The maximum Gasteiger partial charge on any atom is 0.323 e. The summed E-state index contributed by atoms with van der Waals surface area (Å²) in [5.74, 6) is 0. The van der Waals surface area contributed by atoms with Gasteiger partial charge in [-0.15, -0.1) is 0 Å². The van der Waals surface area contributed by atoms with Crippen molar-refractivity contribution in [2.45, 2.75) is 34.1 Å². The SMILES string of the molecule is CC/C(C)=C/NC(=O)Nc1cccc(C)c1C. The Labute approximate surface area is 103 Å². The summed E-state index contributed by atoms with van der Waals surface area (Å²) in [4.78, 5) is 11.6. The van der Waals surface area contributed by atoms with Crippen LogP contribution in [0.2, 0.25) is 0 Å². The lowest BCUT2D eigenvalue weighted by atomic mass is 10.1. The number of amides is 2. The molecule has 0 saturated carbocycles. The molecule has 1 aromatic carbocycles. The van der Waals surface area contributed by atoms with Crippen molar-refractivity contribution in [1.29, 1.82) is 0 Å². The zero-order valence-electron chi connectivity index (χ0n) is 10.9. The Balaban J connectivity index is 2.66. The van der Waals surface area contributed by atoms with Gasteiger partial charge in [-0.05, 0) is 44.4 Å².